The summed E-state index contributed by atoms with van der Waals surface area (Å²) in [6, 6.07) is 0. The fourth-order valence-electron chi connectivity index (χ4n) is 5.53. The number of hydrogen-bond acceptors (Lipinski definition) is 21. The highest BCUT2D eigenvalue weighted by molar-refractivity contribution is 4.97. The number of hydrogen-bond donors (Lipinski definition) is 14. The van der Waals surface area contributed by atoms with Crippen molar-refractivity contribution in [3.63, 3.8) is 0 Å². The molecular weight excluding hydrogens is 624 g/mol. The van der Waals surface area contributed by atoms with Crippen LogP contribution >= 0.6 is 0 Å². The van der Waals surface area contributed by atoms with Crippen LogP contribution in [-0.4, -0.2) is 221 Å². The largest absolute Gasteiger partial charge is 0.394 e. The fourth-order valence-corrected chi connectivity index (χ4v) is 5.53. The van der Waals surface area contributed by atoms with E-state index in [9.17, 15) is 71.5 Å². The van der Waals surface area contributed by atoms with Crippen molar-refractivity contribution < 1.29 is 105 Å². The molecule has 0 aromatic carbocycles. The highest BCUT2D eigenvalue weighted by atomic mass is 16.8. The molecule has 0 amide bonds. The number of aliphatic hydroxyl groups excluding tert-OH is 14. The first kappa shape index (κ1) is 37.0. The Kier molecular flexibility index (Phi) is 12.8. The van der Waals surface area contributed by atoms with Crippen molar-refractivity contribution in [2.45, 2.75) is 123 Å². The maximum Gasteiger partial charge on any atom is 0.187 e. The molecule has 0 aromatic heterocycles. The van der Waals surface area contributed by atoms with E-state index in [-0.39, 0.29) is 0 Å². The minimum atomic E-state index is -2.05. The monoisotopic (exact) mass is 666 g/mol. The van der Waals surface area contributed by atoms with Crippen molar-refractivity contribution in [2.24, 2.45) is 0 Å². The van der Waals surface area contributed by atoms with Crippen LogP contribution in [0.5, 0.6) is 0 Å². The Morgan fingerprint density at radius 2 is 0.644 bits per heavy atom. The lowest BCUT2D eigenvalue weighted by Crippen LogP contribution is -2.67. The maximum atomic E-state index is 11.1. The molecule has 264 valence electrons. The van der Waals surface area contributed by atoms with E-state index in [1.54, 1.807) is 0 Å². The highest BCUT2D eigenvalue weighted by Gasteiger charge is 2.55. The van der Waals surface area contributed by atoms with Crippen LogP contribution in [-0.2, 0) is 33.2 Å². The van der Waals surface area contributed by atoms with Gasteiger partial charge in [-0.3, -0.25) is 0 Å². The molecule has 0 saturated carbocycles. The minimum absolute atomic E-state index is 0.802. The van der Waals surface area contributed by atoms with Gasteiger partial charge in [0.2, 0.25) is 0 Å². The van der Waals surface area contributed by atoms with Gasteiger partial charge in [-0.25, -0.2) is 0 Å². The van der Waals surface area contributed by atoms with Gasteiger partial charge in [-0.2, -0.15) is 0 Å². The quantitative estimate of drug-likeness (QED) is 0.103. The number of aliphatic hydroxyl groups is 14. The normalized spacial score (nSPS) is 52.9. The van der Waals surface area contributed by atoms with Gasteiger partial charge >= 0.3 is 0 Å². The SMILES string of the molecule is OC[C@H]1O[C@@H](O[C@@H]2[C@@H](O)[C@H](O[C@H]3[C@H](O)[C@@H](CO)OC(O[C@H]4[C@H](O)[C@@H](CO)OC(O)[C@@H]4O)[C@@H]3O)O[C@H](CO)[C@H]2O)[C@H](O)[C@@H](O)[C@@H]1O. The molecule has 21 nitrogen and oxygen atoms in total. The Morgan fingerprint density at radius 3 is 1.02 bits per heavy atom. The molecule has 0 bridgehead atoms. The Labute approximate surface area is 254 Å². The average molecular weight is 667 g/mol. The molecule has 2 unspecified atom stereocenters. The highest BCUT2D eigenvalue weighted by Crippen LogP contribution is 2.34. The van der Waals surface area contributed by atoms with Crippen LogP contribution in [0.3, 0.4) is 0 Å². The smallest absolute Gasteiger partial charge is 0.187 e. The Hall–Kier alpha value is -0.840. The molecule has 0 spiro atoms. The first-order valence-electron chi connectivity index (χ1n) is 14.1. The van der Waals surface area contributed by atoms with E-state index in [4.69, 9.17) is 33.2 Å². The lowest BCUT2D eigenvalue weighted by Gasteiger charge is -2.49. The fraction of sp³-hybridized carbons (Fsp3) is 1.00. The van der Waals surface area contributed by atoms with Crippen molar-refractivity contribution in [3.05, 3.63) is 0 Å². The van der Waals surface area contributed by atoms with Crippen LogP contribution in [0.1, 0.15) is 0 Å². The third-order valence-electron chi connectivity index (χ3n) is 8.21. The van der Waals surface area contributed by atoms with Gasteiger partial charge < -0.3 is 105 Å². The molecule has 0 aliphatic carbocycles. The molecule has 4 aliphatic heterocycles. The van der Waals surface area contributed by atoms with Crippen molar-refractivity contribution >= 4 is 0 Å². The van der Waals surface area contributed by atoms with E-state index in [0.717, 1.165) is 0 Å². The van der Waals surface area contributed by atoms with Gasteiger partial charge in [0.25, 0.3) is 0 Å². The van der Waals surface area contributed by atoms with Gasteiger partial charge in [0, 0.05) is 0 Å². The maximum absolute atomic E-state index is 11.1. The second-order valence-corrected chi connectivity index (χ2v) is 11.1. The lowest BCUT2D eigenvalue weighted by atomic mass is 9.95. The van der Waals surface area contributed by atoms with Crippen LogP contribution in [0.2, 0.25) is 0 Å². The Balaban J connectivity index is 1.53. The van der Waals surface area contributed by atoms with E-state index < -0.39 is 149 Å². The minimum Gasteiger partial charge on any atom is -0.394 e. The molecule has 14 N–H and O–H groups in total. The molecular formula is C24H42O21. The summed E-state index contributed by atoms with van der Waals surface area (Å²) in [6.45, 7) is -3.42. The van der Waals surface area contributed by atoms with E-state index in [1.165, 1.54) is 0 Å². The van der Waals surface area contributed by atoms with Crippen molar-refractivity contribution in [1.82, 2.24) is 0 Å². The lowest BCUT2D eigenvalue weighted by molar-refractivity contribution is -0.389. The molecule has 0 aromatic rings. The van der Waals surface area contributed by atoms with Crippen molar-refractivity contribution in [3.8, 4) is 0 Å². The molecule has 20 atom stereocenters. The second kappa shape index (κ2) is 15.6. The summed E-state index contributed by atoms with van der Waals surface area (Å²) in [5.41, 5.74) is 0. The Bertz CT molecular complexity index is 916. The molecule has 21 heteroatoms. The summed E-state index contributed by atoms with van der Waals surface area (Å²) < 4.78 is 37.5. The molecule has 4 rings (SSSR count). The number of ether oxygens (including phenoxy) is 7. The molecule has 45 heavy (non-hydrogen) atoms. The Morgan fingerprint density at radius 1 is 0.333 bits per heavy atom. The second-order valence-electron chi connectivity index (χ2n) is 11.1. The van der Waals surface area contributed by atoms with Gasteiger partial charge in [0.1, 0.15) is 97.7 Å². The summed E-state index contributed by atoms with van der Waals surface area (Å²) in [5.74, 6) is 0. The average Bonchev–Trinajstić information content (AvgIpc) is 3.02. The van der Waals surface area contributed by atoms with Gasteiger partial charge in [0.15, 0.2) is 25.2 Å². The third kappa shape index (κ3) is 7.44. The standard InChI is InChI=1S/C24H42O21/c25-1-5-9(29)13(33)14(34)22(40-5)44-19-11(31)7(3-27)42-24(16(19)36)45-20-12(32)8(4-28)41-23(17(20)37)43-18-10(30)6(2-26)39-21(38)15(18)35/h5-38H,1-4H2/t5-,6-,7-,8-,9-,10-,11-,12-,13+,14-,15-,16-,17-,18+,19+,20+,21?,22+,23?,24+/m1/s1. The first-order valence-corrected chi connectivity index (χ1v) is 14.1. The van der Waals surface area contributed by atoms with Crippen LogP contribution in [0.15, 0.2) is 0 Å². The van der Waals surface area contributed by atoms with E-state index >= 15 is 0 Å². The number of rotatable bonds is 10. The van der Waals surface area contributed by atoms with Crippen LogP contribution in [0, 0.1) is 0 Å². The van der Waals surface area contributed by atoms with Gasteiger partial charge in [-0.15, -0.1) is 0 Å². The summed E-state index contributed by atoms with van der Waals surface area (Å²) in [7, 11) is 0. The van der Waals surface area contributed by atoms with Crippen LogP contribution in [0.25, 0.3) is 0 Å². The van der Waals surface area contributed by atoms with Gasteiger partial charge in [-0.1, -0.05) is 0 Å². The van der Waals surface area contributed by atoms with Crippen LogP contribution in [0.4, 0.5) is 0 Å². The van der Waals surface area contributed by atoms with Gasteiger partial charge in [0.05, 0.1) is 26.4 Å². The zero-order valence-corrected chi connectivity index (χ0v) is 23.5. The predicted octanol–water partition coefficient (Wildman–Crippen LogP) is -9.75. The molecule has 4 fully saturated rings. The molecule has 4 aliphatic rings. The summed E-state index contributed by atoms with van der Waals surface area (Å²) >= 11 is 0. The zero-order valence-electron chi connectivity index (χ0n) is 23.5. The van der Waals surface area contributed by atoms with Gasteiger partial charge in [-0.05, 0) is 0 Å². The van der Waals surface area contributed by atoms with Crippen molar-refractivity contribution in [2.75, 3.05) is 26.4 Å². The van der Waals surface area contributed by atoms with Crippen molar-refractivity contribution in [1.29, 1.82) is 0 Å². The summed E-state index contributed by atoms with van der Waals surface area (Å²) in [6.07, 6.45) is -36.1. The molecule has 4 saturated heterocycles. The summed E-state index contributed by atoms with van der Waals surface area (Å²) in [5, 5.41) is 143. The molecule has 0 radical (unpaired) electrons. The topological polar surface area (TPSA) is 348 Å². The van der Waals surface area contributed by atoms with E-state index in [1.807, 2.05) is 0 Å². The third-order valence-corrected chi connectivity index (χ3v) is 8.21. The first-order chi connectivity index (χ1) is 21.3. The van der Waals surface area contributed by atoms with Crippen LogP contribution < -0.4 is 0 Å². The summed E-state index contributed by atoms with van der Waals surface area (Å²) in [4.78, 5) is 0. The zero-order chi connectivity index (χ0) is 33.3. The molecule has 4 heterocycles. The van der Waals surface area contributed by atoms with E-state index in [2.05, 4.69) is 0 Å². The predicted molar refractivity (Wildman–Crippen MR) is 134 cm³/mol. The van der Waals surface area contributed by atoms with E-state index in [0.29, 0.717) is 0 Å².